The molecule has 1 heterocycles. The van der Waals surface area contributed by atoms with Crippen LogP contribution >= 0.6 is 0 Å². The number of amides is 3. The van der Waals surface area contributed by atoms with Crippen molar-refractivity contribution in [3.8, 4) is 0 Å². The first-order valence-corrected chi connectivity index (χ1v) is 8.84. The van der Waals surface area contributed by atoms with Crippen molar-refractivity contribution in [3.05, 3.63) is 0 Å². The summed E-state index contributed by atoms with van der Waals surface area (Å²) in [6, 6.07) is -0.396. The molecule has 1 atom stereocenters. The van der Waals surface area contributed by atoms with Gasteiger partial charge in [0.15, 0.2) is 0 Å². The molecule has 25 heavy (non-hydrogen) atoms. The van der Waals surface area contributed by atoms with Crippen molar-refractivity contribution in [3.63, 3.8) is 0 Å². The van der Waals surface area contributed by atoms with Crippen LogP contribution in [0, 0.1) is 0 Å². The highest BCUT2D eigenvalue weighted by atomic mass is 16.6. The first kappa shape index (κ1) is 19.3. The number of ether oxygens (including phenoxy) is 1. The fraction of sp³-hybridized carbons (Fsp3) is 0.824. The molecule has 0 bridgehead atoms. The highest BCUT2D eigenvalue weighted by Crippen LogP contribution is 2.28. The summed E-state index contributed by atoms with van der Waals surface area (Å²) in [4.78, 5) is 38.3. The van der Waals surface area contributed by atoms with Crippen LogP contribution in [0.1, 0.15) is 52.9 Å². The normalized spacial score (nSPS) is 27.1. The quantitative estimate of drug-likeness (QED) is 0.807. The maximum absolute atomic E-state index is 12.5. The lowest BCUT2D eigenvalue weighted by Gasteiger charge is -2.35. The summed E-state index contributed by atoms with van der Waals surface area (Å²) in [5, 5.41) is 11.9. The van der Waals surface area contributed by atoms with Crippen LogP contribution in [-0.2, 0) is 9.53 Å². The molecule has 2 aliphatic rings. The van der Waals surface area contributed by atoms with E-state index in [9.17, 15) is 14.4 Å². The van der Waals surface area contributed by atoms with Gasteiger partial charge in [-0.25, -0.2) is 9.59 Å². The summed E-state index contributed by atoms with van der Waals surface area (Å²) in [5.74, 6) is -0.103. The van der Waals surface area contributed by atoms with E-state index in [4.69, 9.17) is 9.84 Å². The second kappa shape index (κ2) is 7.49. The molecule has 1 saturated heterocycles. The highest BCUT2D eigenvalue weighted by molar-refractivity contribution is 5.87. The van der Waals surface area contributed by atoms with E-state index in [0.717, 1.165) is 30.6 Å². The largest absolute Gasteiger partial charge is 0.465 e. The number of carbonyl (C=O) groups is 3. The predicted molar refractivity (Wildman–Crippen MR) is 91.3 cm³/mol. The molecule has 2 N–H and O–H groups in total. The number of likely N-dealkylation sites (N-methyl/N-ethyl adjacent to an activating group) is 1. The Balaban J connectivity index is 1.82. The molecular weight excluding hydrogens is 326 g/mol. The van der Waals surface area contributed by atoms with Gasteiger partial charge in [0.1, 0.15) is 11.6 Å². The van der Waals surface area contributed by atoms with Crippen LogP contribution in [0.25, 0.3) is 0 Å². The first-order chi connectivity index (χ1) is 11.6. The van der Waals surface area contributed by atoms with Crippen LogP contribution in [0.3, 0.4) is 0 Å². The fourth-order valence-corrected chi connectivity index (χ4v) is 3.55. The van der Waals surface area contributed by atoms with Crippen molar-refractivity contribution in [2.45, 2.75) is 76.6 Å². The maximum Gasteiger partial charge on any atom is 0.407 e. The van der Waals surface area contributed by atoms with E-state index in [2.05, 4.69) is 5.32 Å². The third-order valence-corrected chi connectivity index (χ3v) is 4.84. The molecule has 1 aliphatic carbocycles. The van der Waals surface area contributed by atoms with Gasteiger partial charge in [0.2, 0.25) is 5.91 Å². The molecule has 1 saturated carbocycles. The Morgan fingerprint density at radius 2 is 1.80 bits per heavy atom. The summed E-state index contributed by atoms with van der Waals surface area (Å²) in [5.41, 5.74) is -0.519. The number of rotatable bonds is 3. The second-order valence-electron chi connectivity index (χ2n) is 7.88. The summed E-state index contributed by atoms with van der Waals surface area (Å²) < 4.78 is 5.27. The van der Waals surface area contributed by atoms with Crippen molar-refractivity contribution in [2.75, 3.05) is 13.6 Å². The molecule has 8 heteroatoms. The molecule has 2 fully saturated rings. The Morgan fingerprint density at radius 1 is 1.20 bits per heavy atom. The number of hydrogen-bond donors (Lipinski definition) is 2. The minimum absolute atomic E-state index is 0.0568. The number of nitrogens with zero attached hydrogens (tertiary/aromatic N) is 2. The first-order valence-electron chi connectivity index (χ1n) is 8.84. The monoisotopic (exact) mass is 355 g/mol. The van der Waals surface area contributed by atoms with E-state index >= 15 is 0 Å². The number of nitrogens with one attached hydrogen (secondary N) is 1. The van der Waals surface area contributed by atoms with Crippen LogP contribution in [0.15, 0.2) is 0 Å². The van der Waals surface area contributed by atoms with Gasteiger partial charge >= 0.3 is 12.2 Å². The standard InChI is InChI=1S/C17H29N3O5/c1-17(2,3)25-15(22)18-11-5-7-12(8-6-11)20-10-9-13(14(20)21)19(4)16(23)24/h11-13H,5-10H2,1-4H3,(H,18,22)(H,23,24)/t11-,12-,13-/m0/s1. The van der Waals surface area contributed by atoms with Crippen molar-refractivity contribution in [1.82, 2.24) is 15.1 Å². The van der Waals surface area contributed by atoms with Gasteiger partial charge in [-0.15, -0.1) is 0 Å². The molecule has 0 aromatic heterocycles. The lowest BCUT2D eigenvalue weighted by molar-refractivity contribution is -0.133. The molecular formula is C17H29N3O5. The number of likely N-dealkylation sites (tertiary alicyclic amines) is 1. The Labute approximate surface area is 148 Å². The Morgan fingerprint density at radius 3 is 2.32 bits per heavy atom. The zero-order valence-electron chi connectivity index (χ0n) is 15.4. The number of hydrogen-bond acceptors (Lipinski definition) is 4. The van der Waals surface area contributed by atoms with Gasteiger partial charge in [0, 0.05) is 25.7 Å². The molecule has 0 unspecified atom stereocenters. The van der Waals surface area contributed by atoms with Crippen LogP contribution in [0.2, 0.25) is 0 Å². The van der Waals surface area contributed by atoms with E-state index in [0.29, 0.717) is 13.0 Å². The Kier molecular flexibility index (Phi) is 5.80. The lowest BCUT2D eigenvalue weighted by atomic mass is 9.90. The van der Waals surface area contributed by atoms with Gasteiger partial charge in [0.05, 0.1) is 0 Å². The van der Waals surface area contributed by atoms with Crippen molar-refractivity contribution < 1.29 is 24.2 Å². The summed E-state index contributed by atoms with van der Waals surface area (Å²) in [6.07, 6.45) is 2.23. The summed E-state index contributed by atoms with van der Waals surface area (Å²) in [7, 11) is 1.44. The maximum atomic E-state index is 12.5. The average molecular weight is 355 g/mol. The third kappa shape index (κ3) is 4.99. The van der Waals surface area contributed by atoms with E-state index < -0.39 is 23.8 Å². The topological polar surface area (TPSA) is 99.2 Å². The van der Waals surface area contributed by atoms with Gasteiger partial charge in [-0.3, -0.25) is 9.69 Å². The smallest absolute Gasteiger partial charge is 0.407 e. The van der Waals surface area contributed by atoms with E-state index in [-0.39, 0.29) is 18.0 Å². The summed E-state index contributed by atoms with van der Waals surface area (Å²) >= 11 is 0. The van der Waals surface area contributed by atoms with Gasteiger partial charge in [-0.05, 0) is 52.9 Å². The van der Waals surface area contributed by atoms with Gasteiger partial charge in [0.25, 0.3) is 0 Å². The zero-order chi connectivity index (χ0) is 18.8. The van der Waals surface area contributed by atoms with E-state index in [1.807, 2.05) is 25.7 Å². The zero-order valence-corrected chi connectivity index (χ0v) is 15.4. The molecule has 1 aliphatic heterocycles. The summed E-state index contributed by atoms with van der Waals surface area (Å²) in [6.45, 7) is 6.07. The Bertz CT molecular complexity index is 523. The predicted octanol–water partition coefficient (Wildman–Crippen LogP) is 2.03. The SMILES string of the molecule is CN(C(=O)O)[C@H]1CCN([C@H]2CC[C@H](NC(=O)OC(C)(C)C)CC2)C1=O. The number of alkyl carbamates (subject to hydrolysis) is 1. The second-order valence-corrected chi connectivity index (χ2v) is 7.88. The van der Waals surface area contributed by atoms with Gasteiger partial charge in [-0.1, -0.05) is 0 Å². The fourth-order valence-electron chi connectivity index (χ4n) is 3.55. The number of carbonyl (C=O) groups excluding carboxylic acids is 2. The van der Waals surface area contributed by atoms with Gasteiger partial charge in [-0.2, -0.15) is 0 Å². The van der Waals surface area contributed by atoms with E-state index in [1.54, 1.807) is 0 Å². The van der Waals surface area contributed by atoms with E-state index in [1.165, 1.54) is 7.05 Å². The van der Waals surface area contributed by atoms with Crippen molar-refractivity contribution in [1.29, 1.82) is 0 Å². The average Bonchev–Trinajstić information content (AvgIpc) is 2.87. The molecule has 3 amide bonds. The van der Waals surface area contributed by atoms with Crippen LogP contribution in [0.4, 0.5) is 9.59 Å². The van der Waals surface area contributed by atoms with Crippen LogP contribution in [0.5, 0.6) is 0 Å². The minimum Gasteiger partial charge on any atom is -0.465 e. The molecule has 142 valence electrons. The van der Waals surface area contributed by atoms with Crippen molar-refractivity contribution >= 4 is 18.1 Å². The molecule has 0 aromatic carbocycles. The molecule has 8 nitrogen and oxygen atoms in total. The van der Waals surface area contributed by atoms with Crippen LogP contribution < -0.4 is 5.32 Å². The third-order valence-electron chi connectivity index (χ3n) is 4.84. The number of carboxylic acid groups (broad SMARTS) is 1. The molecule has 0 spiro atoms. The van der Waals surface area contributed by atoms with Crippen molar-refractivity contribution in [2.24, 2.45) is 0 Å². The Hall–Kier alpha value is -1.99. The molecule has 0 aromatic rings. The minimum atomic E-state index is -1.08. The van der Waals surface area contributed by atoms with Gasteiger partial charge < -0.3 is 20.1 Å². The molecule has 2 rings (SSSR count). The van der Waals surface area contributed by atoms with Crippen LogP contribution in [-0.4, -0.2) is 70.3 Å². The highest BCUT2D eigenvalue weighted by Gasteiger charge is 2.40. The lowest BCUT2D eigenvalue weighted by Crippen LogP contribution is -2.48. The molecule has 0 radical (unpaired) electrons.